The summed E-state index contributed by atoms with van der Waals surface area (Å²) in [7, 11) is 1.54. The summed E-state index contributed by atoms with van der Waals surface area (Å²) >= 11 is 0. The van der Waals surface area contributed by atoms with Crippen molar-refractivity contribution < 1.29 is 19.4 Å². The lowest BCUT2D eigenvalue weighted by atomic mass is 10.1. The van der Waals surface area contributed by atoms with Gasteiger partial charge >= 0.3 is 0 Å². The molecule has 0 aliphatic carbocycles. The number of likely N-dealkylation sites (tertiary alicyclic amines) is 1. The minimum absolute atomic E-state index is 0.0205. The lowest BCUT2D eigenvalue weighted by Gasteiger charge is -2.19. The second-order valence-electron chi connectivity index (χ2n) is 5.00. The molecule has 2 atom stereocenters. The van der Waals surface area contributed by atoms with Crippen LogP contribution in [-0.4, -0.2) is 54.7 Å². The summed E-state index contributed by atoms with van der Waals surface area (Å²) in [5.74, 6) is 1.05. The van der Waals surface area contributed by atoms with Crippen molar-refractivity contribution in [1.82, 2.24) is 4.90 Å². The van der Waals surface area contributed by atoms with E-state index in [0.717, 1.165) is 6.54 Å². The summed E-state index contributed by atoms with van der Waals surface area (Å²) in [5.41, 5.74) is 0.580. The highest BCUT2D eigenvalue weighted by Gasteiger charge is 2.32. The van der Waals surface area contributed by atoms with Gasteiger partial charge in [0.1, 0.15) is 12.2 Å². The molecule has 0 bridgehead atoms. The molecule has 5 heteroatoms. The minimum Gasteiger partial charge on any atom is -0.493 e. The normalized spacial score (nSPS) is 22.8. The first kappa shape index (κ1) is 14.8. The standard InChI is InChI=1S/C15H21NO4/c1-4-16-8-12(18)15(9-16)20-13-6-5-11(10(2)17)7-14(13)19-3/h5-7,12,15,18H,4,8-9H2,1-3H3/t12-,15-/m0/s1. The van der Waals surface area contributed by atoms with E-state index >= 15 is 0 Å². The molecule has 1 saturated heterocycles. The average Bonchev–Trinajstić information content (AvgIpc) is 2.79. The molecule has 1 N–H and O–H groups in total. The van der Waals surface area contributed by atoms with Gasteiger partial charge in [0.05, 0.1) is 7.11 Å². The van der Waals surface area contributed by atoms with E-state index in [1.807, 2.05) is 0 Å². The number of methoxy groups -OCH3 is 1. The molecule has 1 aliphatic rings. The Kier molecular flexibility index (Phi) is 4.62. The van der Waals surface area contributed by atoms with Crippen molar-refractivity contribution in [2.24, 2.45) is 0 Å². The molecule has 0 spiro atoms. The quantitative estimate of drug-likeness (QED) is 0.824. The molecule has 0 saturated carbocycles. The molecule has 0 aromatic heterocycles. The van der Waals surface area contributed by atoms with Gasteiger partial charge in [0.2, 0.25) is 0 Å². The number of carbonyl (C=O) groups excluding carboxylic acids is 1. The summed E-state index contributed by atoms with van der Waals surface area (Å²) in [6.07, 6.45) is -0.779. The molecule has 110 valence electrons. The number of Topliss-reactive ketones (excluding diaryl/α,β-unsaturated/α-hetero) is 1. The number of aliphatic hydroxyl groups excluding tert-OH is 1. The SMILES string of the molecule is CCN1C[C@H](Oc2ccc(C(C)=O)cc2OC)[C@@H](O)C1. The van der Waals surface area contributed by atoms with Gasteiger partial charge in [-0.05, 0) is 31.7 Å². The van der Waals surface area contributed by atoms with Gasteiger partial charge in [-0.25, -0.2) is 0 Å². The first-order valence-electron chi connectivity index (χ1n) is 6.81. The van der Waals surface area contributed by atoms with Gasteiger partial charge in [0.15, 0.2) is 17.3 Å². The monoisotopic (exact) mass is 279 g/mol. The van der Waals surface area contributed by atoms with Crippen LogP contribution >= 0.6 is 0 Å². The van der Waals surface area contributed by atoms with Crippen LogP contribution in [0.25, 0.3) is 0 Å². The number of ether oxygens (including phenoxy) is 2. The van der Waals surface area contributed by atoms with Crippen molar-refractivity contribution in [2.75, 3.05) is 26.7 Å². The van der Waals surface area contributed by atoms with E-state index in [-0.39, 0.29) is 11.9 Å². The van der Waals surface area contributed by atoms with Gasteiger partial charge in [-0.1, -0.05) is 6.92 Å². The van der Waals surface area contributed by atoms with Crippen molar-refractivity contribution >= 4 is 5.78 Å². The summed E-state index contributed by atoms with van der Waals surface area (Å²) < 4.78 is 11.1. The smallest absolute Gasteiger partial charge is 0.161 e. The maximum Gasteiger partial charge on any atom is 0.161 e. The Morgan fingerprint density at radius 1 is 1.40 bits per heavy atom. The van der Waals surface area contributed by atoms with Crippen LogP contribution in [0.5, 0.6) is 11.5 Å². The number of ketones is 1. The number of β-amino-alcohol motifs (C(OH)–C–C–N with tert-alkyl or cyclic N) is 1. The van der Waals surface area contributed by atoms with Crippen LogP contribution in [0.3, 0.4) is 0 Å². The Morgan fingerprint density at radius 3 is 2.70 bits per heavy atom. The van der Waals surface area contributed by atoms with Crippen molar-refractivity contribution in [3.8, 4) is 11.5 Å². The number of carbonyl (C=O) groups is 1. The minimum atomic E-state index is -0.507. The van der Waals surface area contributed by atoms with Crippen molar-refractivity contribution in [3.63, 3.8) is 0 Å². The van der Waals surface area contributed by atoms with Gasteiger partial charge in [0.25, 0.3) is 0 Å². The molecule has 1 aromatic carbocycles. The Labute approximate surface area is 119 Å². The lowest BCUT2D eigenvalue weighted by Crippen LogP contribution is -2.30. The van der Waals surface area contributed by atoms with Crippen LogP contribution in [0.15, 0.2) is 18.2 Å². The number of aliphatic hydroxyl groups is 1. The Bertz CT molecular complexity index is 489. The molecule has 5 nitrogen and oxygen atoms in total. The third-order valence-electron chi connectivity index (χ3n) is 3.61. The number of hydrogen-bond acceptors (Lipinski definition) is 5. The van der Waals surface area contributed by atoms with Crippen LogP contribution in [-0.2, 0) is 0 Å². The molecule has 1 heterocycles. The van der Waals surface area contributed by atoms with Crippen molar-refractivity contribution in [3.05, 3.63) is 23.8 Å². The topological polar surface area (TPSA) is 59.0 Å². The molecule has 1 aliphatic heterocycles. The second-order valence-corrected chi connectivity index (χ2v) is 5.00. The number of rotatable bonds is 5. The summed E-state index contributed by atoms with van der Waals surface area (Å²) in [6.45, 7) is 5.76. The third kappa shape index (κ3) is 3.11. The van der Waals surface area contributed by atoms with Crippen LogP contribution < -0.4 is 9.47 Å². The maximum atomic E-state index is 11.4. The van der Waals surface area contributed by atoms with E-state index in [0.29, 0.717) is 30.2 Å². The fourth-order valence-electron chi connectivity index (χ4n) is 2.35. The highest BCUT2D eigenvalue weighted by Crippen LogP contribution is 2.30. The maximum absolute atomic E-state index is 11.4. The van der Waals surface area contributed by atoms with E-state index < -0.39 is 6.10 Å². The van der Waals surface area contributed by atoms with E-state index in [2.05, 4.69) is 11.8 Å². The number of benzene rings is 1. The molecule has 0 amide bonds. The Balaban J connectivity index is 2.15. The summed E-state index contributed by atoms with van der Waals surface area (Å²) in [6, 6.07) is 5.09. The fourth-order valence-corrected chi connectivity index (χ4v) is 2.35. The molecule has 0 unspecified atom stereocenters. The lowest BCUT2D eigenvalue weighted by molar-refractivity contribution is 0.0717. The molecule has 0 radical (unpaired) electrons. The first-order valence-corrected chi connectivity index (χ1v) is 6.81. The zero-order valence-electron chi connectivity index (χ0n) is 12.1. The van der Waals surface area contributed by atoms with Crippen LogP contribution in [0.2, 0.25) is 0 Å². The Hall–Kier alpha value is -1.59. The average molecular weight is 279 g/mol. The molecule has 1 aromatic rings. The molecule has 2 rings (SSSR count). The van der Waals surface area contributed by atoms with E-state index in [4.69, 9.17) is 9.47 Å². The van der Waals surface area contributed by atoms with Gasteiger partial charge in [-0.2, -0.15) is 0 Å². The summed E-state index contributed by atoms with van der Waals surface area (Å²) in [4.78, 5) is 13.5. The van der Waals surface area contributed by atoms with E-state index in [1.165, 1.54) is 14.0 Å². The molecule has 1 fully saturated rings. The van der Waals surface area contributed by atoms with Gasteiger partial charge < -0.3 is 14.6 Å². The van der Waals surface area contributed by atoms with E-state index in [1.54, 1.807) is 18.2 Å². The van der Waals surface area contributed by atoms with Gasteiger partial charge in [0, 0.05) is 18.7 Å². The molecular weight excluding hydrogens is 258 g/mol. The number of nitrogens with zero attached hydrogens (tertiary/aromatic N) is 1. The largest absolute Gasteiger partial charge is 0.493 e. The van der Waals surface area contributed by atoms with Gasteiger partial charge in [-0.3, -0.25) is 9.69 Å². The first-order chi connectivity index (χ1) is 9.55. The zero-order chi connectivity index (χ0) is 14.7. The summed E-state index contributed by atoms with van der Waals surface area (Å²) in [5, 5.41) is 10.00. The number of hydrogen-bond donors (Lipinski definition) is 1. The van der Waals surface area contributed by atoms with Crippen molar-refractivity contribution in [1.29, 1.82) is 0 Å². The molecule has 20 heavy (non-hydrogen) atoms. The second kappa shape index (κ2) is 6.24. The zero-order valence-corrected chi connectivity index (χ0v) is 12.1. The van der Waals surface area contributed by atoms with Gasteiger partial charge in [-0.15, -0.1) is 0 Å². The highest BCUT2D eigenvalue weighted by atomic mass is 16.5. The van der Waals surface area contributed by atoms with E-state index in [9.17, 15) is 9.90 Å². The van der Waals surface area contributed by atoms with Crippen LogP contribution in [0, 0.1) is 0 Å². The predicted octanol–water partition coefficient (Wildman–Crippen LogP) is 1.34. The van der Waals surface area contributed by atoms with Crippen molar-refractivity contribution in [2.45, 2.75) is 26.1 Å². The van der Waals surface area contributed by atoms with Crippen LogP contribution in [0.4, 0.5) is 0 Å². The third-order valence-corrected chi connectivity index (χ3v) is 3.61. The number of likely N-dealkylation sites (N-methyl/N-ethyl adjacent to an activating group) is 1. The highest BCUT2D eigenvalue weighted by molar-refractivity contribution is 5.94. The predicted molar refractivity (Wildman–Crippen MR) is 75.5 cm³/mol. The fraction of sp³-hybridized carbons (Fsp3) is 0.533. The van der Waals surface area contributed by atoms with Crippen LogP contribution in [0.1, 0.15) is 24.2 Å². The molecular formula is C15H21NO4. The Morgan fingerprint density at radius 2 is 2.15 bits per heavy atom.